The highest BCUT2D eigenvalue weighted by molar-refractivity contribution is 6.50. The Morgan fingerprint density at radius 1 is 0.935 bits per heavy atom. The Kier molecular flexibility index (Phi) is 7.19. The van der Waals surface area contributed by atoms with Crippen molar-refractivity contribution in [1.29, 1.82) is 0 Å². The van der Waals surface area contributed by atoms with E-state index in [1.54, 1.807) is 0 Å². The van der Waals surface area contributed by atoms with Crippen LogP contribution in [-0.4, -0.2) is 45.2 Å². The first kappa shape index (κ1) is 22.2. The molecule has 0 amide bonds. The van der Waals surface area contributed by atoms with E-state index in [0.717, 1.165) is 34.3 Å². The molecule has 2 aromatic carbocycles. The minimum Gasteiger partial charge on any atom is -0.329 e. The van der Waals surface area contributed by atoms with Crippen molar-refractivity contribution < 1.29 is 0 Å². The third-order valence-electron chi connectivity index (χ3n) is 5.44. The molecular formula is C26H31N5. The number of benzene rings is 2. The molecule has 160 valence electrons. The Bertz CT molecular complexity index is 1090. The molecule has 0 spiro atoms. The van der Waals surface area contributed by atoms with Gasteiger partial charge in [0.05, 0.1) is 0 Å². The van der Waals surface area contributed by atoms with Gasteiger partial charge in [-0.15, -0.1) is 0 Å². The van der Waals surface area contributed by atoms with E-state index in [-0.39, 0.29) is 0 Å². The van der Waals surface area contributed by atoms with Crippen LogP contribution in [-0.2, 0) is 0 Å². The average molecular weight is 414 g/mol. The van der Waals surface area contributed by atoms with Gasteiger partial charge in [-0.05, 0) is 55.7 Å². The lowest BCUT2D eigenvalue weighted by Crippen LogP contribution is -2.31. The third-order valence-corrected chi connectivity index (χ3v) is 5.44. The smallest absolute Gasteiger partial charge is 0.155 e. The number of hydrogen-bond acceptors (Lipinski definition) is 4. The lowest BCUT2D eigenvalue weighted by Gasteiger charge is -2.23. The van der Waals surface area contributed by atoms with Crippen LogP contribution >= 0.6 is 0 Å². The maximum Gasteiger partial charge on any atom is 0.155 e. The minimum atomic E-state index is 0.464. The Morgan fingerprint density at radius 2 is 1.55 bits per heavy atom. The van der Waals surface area contributed by atoms with E-state index in [1.807, 2.05) is 38.4 Å². The largest absolute Gasteiger partial charge is 0.329 e. The van der Waals surface area contributed by atoms with E-state index in [1.165, 1.54) is 11.1 Å². The summed E-state index contributed by atoms with van der Waals surface area (Å²) in [5.41, 5.74) is 6.67. The maximum atomic E-state index is 4.60. The standard InChI is InChI=1S/C26H31N5/c1-19-12-7-9-16-23(19)30(5)25(27-4)21(3)14-11-15-22-26(29-18-28-22)31(6)24-17-10-8-13-20(24)2/h7-17H,18H2,1-6H3/b15-11-,21-14+,27-25?. The fourth-order valence-corrected chi connectivity index (χ4v) is 3.79. The second-order valence-electron chi connectivity index (χ2n) is 7.61. The molecule has 0 saturated heterocycles. The van der Waals surface area contributed by atoms with E-state index in [2.05, 4.69) is 95.1 Å². The van der Waals surface area contributed by atoms with E-state index in [9.17, 15) is 0 Å². The van der Waals surface area contributed by atoms with Gasteiger partial charge in [0.2, 0.25) is 0 Å². The Labute approximate surface area is 185 Å². The molecule has 1 heterocycles. The normalized spacial score (nSPS) is 14.6. The van der Waals surface area contributed by atoms with E-state index in [4.69, 9.17) is 0 Å². The zero-order valence-electron chi connectivity index (χ0n) is 19.3. The van der Waals surface area contributed by atoms with Crippen molar-refractivity contribution in [2.24, 2.45) is 15.0 Å². The van der Waals surface area contributed by atoms with Gasteiger partial charge in [0, 0.05) is 32.5 Å². The van der Waals surface area contributed by atoms with E-state index < -0.39 is 0 Å². The summed E-state index contributed by atoms with van der Waals surface area (Å²) in [7, 11) is 5.92. The molecule has 5 nitrogen and oxygen atoms in total. The quantitative estimate of drug-likeness (QED) is 0.383. The highest BCUT2D eigenvalue weighted by Gasteiger charge is 2.18. The number of rotatable bonds is 5. The molecule has 0 fully saturated rings. The van der Waals surface area contributed by atoms with Crippen LogP contribution in [0.4, 0.5) is 11.4 Å². The summed E-state index contributed by atoms with van der Waals surface area (Å²) in [5.74, 6) is 1.82. The molecule has 0 saturated carbocycles. The number of nitrogens with zero attached hydrogens (tertiary/aromatic N) is 5. The van der Waals surface area contributed by atoms with Crippen LogP contribution in [0.15, 0.2) is 87.3 Å². The summed E-state index contributed by atoms with van der Waals surface area (Å²) in [6, 6.07) is 16.6. The fourth-order valence-electron chi connectivity index (χ4n) is 3.79. The lowest BCUT2D eigenvalue weighted by atomic mass is 10.1. The van der Waals surface area contributed by atoms with Gasteiger partial charge in [0.25, 0.3) is 0 Å². The zero-order valence-corrected chi connectivity index (χ0v) is 19.3. The summed E-state index contributed by atoms with van der Waals surface area (Å²) >= 11 is 0. The number of likely N-dealkylation sites (N-methyl/N-ethyl adjacent to an activating group) is 1. The number of allylic oxidation sites excluding steroid dienone is 2. The first-order valence-electron chi connectivity index (χ1n) is 10.4. The Balaban J connectivity index is 1.76. The van der Waals surface area contributed by atoms with Gasteiger partial charge < -0.3 is 9.80 Å². The van der Waals surface area contributed by atoms with Gasteiger partial charge in [-0.25, -0.2) is 4.99 Å². The van der Waals surface area contributed by atoms with Crippen molar-refractivity contribution in [3.05, 3.63) is 83.5 Å². The molecule has 0 atom stereocenters. The molecule has 0 aliphatic carbocycles. The number of para-hydroxylation sites is 2. The highest BCUT2D eigenvalue weighted by atomic mass is 15.2. The first-order valence-corrected chi connectivity index (χ1v) is 10.4. The molecule has 31 heavy (non-hydrogen) atoms. The van der Waals surface area contributed by atoms with Crippen molar-refractivity contribution in [2.75, 3.05) is 37.6 Å². The Hall–Kier alpha value is -3.47. The van der Waals surface area contributed by atoms with Crippen molar-refractivity contribution in [3.8, 4) is 0 Å². The van der Waals surface area contributed by atoms with Crippen LogP contribution in [0.25, 0.3) is 0 Å². The number of aliphatic imine (C=N–C) groups is 3. The third kappa shape index (κ3) is 5.00. The summed E-state index contributed by atoms with van der Waals surface area (Å²) in [6.45, 7) is 6.76. The number of aryl methyl sites for hydroxylation is 2. The number of amidine groups is 2. The first-order chi connectivity index (χ1) is 14.9. The highest BCUT2D eigenvalue weighted by Crippen LogP contribution is 2.21. The molecule has 2 aromatic rings. The van der Waals surface area contributed by atoms with Crippen LogP contribution in [0, 0.1) is 13.8 Å². The van der Waals surface area contributed by atoms with Gasteiger partial charge in [-0.2, -0.15) is 0 Å². The molecule has 1 aliphatic heterocycles. The van der Waals surface area contributed by atoms with Crippen LogP contribution in [0.5, 0.6) is 0 Å². The second-order valence-corrected chi connectivity index (χ2v) is 7.61. The maximum absolute atomic E-state index is 4.60. The van der Waals surface area contributed by atoms with Crippen molar-refractivity contribution in [2.45, 2.75) is 20.8 Å². The molecule has 0 bridgehead atoms. The Morgan fingerprint density at radius 3 is 2.16 bits per heavy atom. The summed E-state index contributed by atoms with van der Waals surface area (Å²) in [4.78, 5) is 17.9. The van der Waals surface area contributed by atoms with E-state index >= 15 is 0 Å². The van der Waals surface area contributed by atoms with Crippen LogP contribution in [0.2, 0.25) is 0 Å². The van der Waals surface area contributed by atoms with Crippen LogP contribution < -0.4 is 9.80 Å². The van der Waals surface area contributed by atoms with Crippen molar-refractivity contribution in [1.82, 2.24) is 0 Å². The van der Waals surface area contributed by atoms with Gasteiger partial charge in [-0.3, -0.25) is 9.98 Å². The number of anilines is 2. The van der Waals surface area contributed by atoms with Gasteiger partial charge in [0.1, 0.15) is 18.2 Å². The zero-order chi connectivity index (χ0) is 22.4. The molecule has 0 radical (unpaired) electrons. The summed E-state index contributed by atoms with van der Waals surface area (Å²) in [6.07, 6.45) is 6.12. The molecular weight excluding hydrogens is 382 g/mol. The monoisotopic (exact) mass is 413 g/mol. The van der Waals surface area contributed by atoms with Gasteiger partial charge in [0.15, 0.2) is 5.84 Å². The van der Waals surface area contributed by atoms with E-state index in [0.29, 0.717) is 6.67 Å². The SMILES string of the molecule is CN=C(/C(C)=C/C=C\C1=NCN=C1N(C)c1ccccc1C)N(C)c1ccccc1C. The predicted octanol–water partition coefficient (Wildman–Crippen LogP) is 5.22. The lowest BCUT2D eigenvalue weighted by molar-refractivity contribution is 1.09. The molecule has 0 aromatic heterocycles. The van der Waals surface area contributed by atoms with Crippen LogP contribution in [0.3, 0.4) is 0 Å². The summed E-state index contributed by atoms with van der Waals surface area (Å²) < 4.78 is 0. The number of hydrogen-bond donors (Lipinski definition) is 0. The fraction of sp³-hybridized carbons (Fsp3) is 0.269. The molecule has 0 unspecified atom stereocenters. The van der Waals surface area contributed by atoms with Crippen LogP contribution in [0.1, 0.15) is 18.1 Å². The summed E-state index contributed by atoms with van der Waals surface area (Å²) in [5, 5.41) is 0. The van der Waals surface area contributed by atoms with Gasteiger partial charge >= 0.3 is 0 Å². The second kappa shape index (κ2) is 10.0. The van der Waals surface area contributed by atoms with Gasteiger partial charge in [-0.1, -0.05) is 48.6 Å². The average Bonchev–Trinajstić information content (AvgIpc) is 3.23. The molecule has 0 N–H and O–H groups in total. The van der Waals surface area contributed by atoms with Crippen molar-refractivity contribution >= 4 is 28.8 Å². The molecule has 1 aliphatic rings. The van der Waals surface area contributed by atoms with Crippen molar-refractivity contribution in [3.63, 3.8) is 0 Å². The predicted molar refractivity (Wildman–Crippen MR) is 135 cm³/mol. The molecule has 5 heteroatoms. The molecule has 3 rings (SSSR count). The minimum absolute atomic E-state index is 0.464. The topological polar surface area (TPSA) is 43.6 Å².